The van der Waals surface area contributed by atoms with Gasteiger partial charge in [-0.25, -0.2) is 0 Å². The number of methoxy groups -OCH3 is 1. The van der Waals surface area contributed by atoms with Gasteiger partial charge in [0.25, 0.3) is 0 Å². The molecule has 1 aliphatic rings. The second-order valence-corrected chi connectivity index (χ2v) is 5.23. The lowest BCUT2D eigenvalue weighted by molar-refractivity contribution is 0.395. The molecule has 0 amide bonds. The van der Waals surface area contributed by atoms with Gasteiger partial charge >= 0.3 is 0 Å². The van der Waals surface area contributed by atoms with Crippen LogP contribution in [0.5, 0.6) is 5.88 Å². The highest BCUT2D eigenvalue weighted by Crippen LogP contribution is 2.20. The topological polar surface area (TPSA) is 41.5 Å². The molecule has 0 saturated carbocycles. The minimum Gasteiger partial charge on any atom is -0.480 e. The summed E-state index contributed by atoms with van der Waals surface area (Å²) in [6.45, 7) is 5.99. The minimum absolute atomic E-state index is 0.564. The molecule has 0 spiro atoms. The number of anilines is 2. The summed E-state index contributed by atoms with van der Waals surface area (Å²) >= 11 is 0. The Balaban J connectivity index is 1.67. The Morgan fingerprint density at radius 2 is 1.81 bits per heavy atom. The average Bonchev–Trinajstić information content (AvgIpc) is 2.55. The number of rotatable bonds is 3. The fraction of sp³-hybridized carbons (Fsp3) is 0.375. The van der Waals surface area contributed by atoms with E-state index in [9.17, 15) is 0 Å². The number of benzene rings is 1. The Labute approximate surface area is 125 Å². The molecule has 1 saturated heterocycles. The van der Waals surface area contributed by atoms with E-state index in [1.165, 1.54) is 11.3 Å². The number of ether oxygens (including phenoxy) is 1. The zero-order valence-corrected chi connectivity index (χ0v) is 12.5. The van der Waals surface area contributed by atoms with Crippen LogP contribution in [0.4, 0.5) is 11.5 Å². The maximum Gasteiger partial charge on any atom is 0.233 e. The summed E-state index contributed by atoms with van der Waals surface area (Å²) in [6, 6.07) is 8.66. The summed E-state index contributed by atoms with van der Waals surface area (Å²) in [7, 11) is 1.61. The molecule has 3 rings (SSSR count). The maximum absolute atomic E-state index is 5.14. The first-order valence-electron chi connectivity index (χ1n) is 7.19. The smallest absolute Gasteiger partial charge is 0.233 e. The molecule has 5 nitrogen and oxygen atoms in total. The van der Waals surface area contributed by atoms with Crippen LogP contribution in [-0.2, 0) is 0 Å². The molecule has 0 atom stereocenters. The van der Waals surface area contributed by atoms with Gasteiger partial charge in [-0.2, -0.15) is 4.98 Å². The lowest BCUT2D eigenvalue weighted by Gasteiger charge is -2.36. The molecule has 0 unspecified atom stereocenters. The van der Waals surface area contributed by atoms with Crippen molar-refractivity contribution in [2.24, 2.45) is 0 Å². The lowest BCUT2D eigenvalue weighted by Crippen LogP contribution is -2.46. The van der Waals surface area contributed by atoms with Gasteiger partial charge in [0.1, 0.15) is 0 Å². The van der Waals surface area contributed by atoms with Gasteiger partial charge in [-0.1, -0.05) is 12.1 Å². The standard InChI is InChI=1S/C16H20N4O/c1-13-4-3-5-14(10-13)19-6-8-20(9-7-19)15-11-17-12-16(18-15)21-2/h3-5,10-12H,6-9H2,1-2H3. The third kappa shape index (κ3) is 3.07. The van der Waals surface area contributed by atoms with Crippen LogP contribution in [0.15, 0.2) is 36.7 Å². The molecule has 0 N–H and O–H groups in total. The van der Waals surface area contributed by atoms with E-state index in [0.717, 1.165) is 32.0 Å². The van der Waals surface area contributed by atoms with Crippen molar-refractivity contribution in [1.29, 1.82) is 0 Å². The third-order valence-electron chi connectivity index (χ3n) is 3.78. The van der Waals surface area contributed by atoms with Crippen molar-refractivity contribution in [2.75, 3.05) is 43.1 Å². The fourth-order valence-corrected chi connectivity index (χ4v) is 2.61. The van der Waals surface area contributed by atoms with Gasteiger partial charge in [-0.15, -0.1) is 0 Å². The zero-order valence-electron chi connectivity index (χ0n) is 12.5. The van der Waals surface area contributed by atoms with Gasteiger partial charge in [-0.3, -0.25) is 4.98 Å². The molecular weight excluding hydrogens is 264 g/mol. The highest BCUT2D eigenvalue weighted by molar-refractivity contribution is 5.50. The number of nitrogens with zero attached hydrogens (tertiary/aromatic N) is 4. The summed E-state index contributed by atoms with van der Waals surface area (Å²) in [4.78, 5) is 13.3. The Morgan fingerprint density at radius 3 is 2.52 bits per heavy atom. The molecule has 0 aliphatic carbocycles. The van der Waals surface area contributed by atoms with Crippen molar-refractivity contribution in [2.45, 2.75) is 6.92 Å². The maximum atomic E-state index is 5.14. The van der Waals surface area contributed by atoms with E-state index in [0.29, 0.717) is 5.88 Å². The van der Waals surface area contributed by atoms with Crippen molar-refractivity contribution in [1.82, 2.24) is 9.97 Å². The number of hydrogen-bond donors (Lipinski definition) is 0. The van der Waals surface area contributed by atoms with Crippen molar-refractivity contribution in [3.05, 3.63) is 42.2 Å². The molecule has 0 bridgehead atoms. The molecule has 1 aromatic heterocycles. The van der Waals surface area contributed by atoms with Crippen LogP contribution < -0.4 is 14.5 Å². The number of piperazine rings is 1. The molecule has 2 aromatic rings. The molecule has 21 heavy (non-hydrogen) atoms. The largest absolute Gasteiger partial charge is 0.480 e. The number of aromatic nitrogens is 2. The Hall–Kier alpha value is -2.30. The Morgan fingerprint density at radius 1 is 1.05 bits per heavy atom. The highest BCUT2D eigenvalue weighted by atomic mass is 16.5. The molecule has 0 radical (unpaired) electrons. The van der Waals surface area contributed by atoms with Crippen molar-refractivity contribution >= 4 is 11.5 Å². The molecule has 1 aliphatic heterocycles. The van der Waals surface area contributed by atoms with E-state index in [1.807, 2.05) is 0 Å². The van der Waals surface area contributed by atoms with Crippen LogP contribution in [0.3, 0.4) is 0 Å². The molecule has 5 heteroatoms. The van der Waals surface area contributed by atoms with Gasteiger partial charge < -0.3 is 14.5 Å². The quantitative estimate of drug-likeness (QED) is 0.863. The highest BCUT2D eigenvalue weighted by Gasteiger charge is 2.19. The second-order valence-electron chi connectivity index (χ2n) is 5.23. The van der Waals surface area contributed by atoms with Gasteiger partial charge in [0.15, 0.2) is 5.82 Å². The van der Waals surface area contributed by atoms with Crippen molar-refractivity contribution in [3.63, 3.8) is 0 Å². The molecule has 2 heterocycles. The fourth-order valence-electron chi connectivity index (χ4n) is 2.61. The van der Waals surface area contributed by atoms with Crippen LogP contribution in [0, 0.1) is 6.92 Å². The van der Waals surface area contributed by atoms with Gasteiger partial charge in [-0.05, 0) is 24.6 Å². The van der Waals surface area contributed by atoms with Crippen LogP contribution in [-0.4, -0.2) is 43.3 Å². The summed E-state index contributed by atoms with van der Waals surface area (Å²) in [5, 5.41) is 0. The second kappa shape index (κ2) is 5.99. The van der Waals surface area contributed by atoms with E-state index < -0.39 is 0 Å². The number of aryl methyl sites for hydroxylation is 1. The first-order chi connectivity index (χ1) is 10.3. The number of hydrogen-bond acceptors (Lipinski definition) is 5. The Bertz CT molecular complexity index is 609. The molecular formula is C16H20N4O. The van der Waals surface area contributed by atoms with Crippen molar-refractivity contribution in [3.8, 4) is 5.88 Å². The predicted octanol–water partition coefficient (Wildman–Crippen LogP) is 2.12. The first kappa shape index (κ1) is 13.7. The van der Waals surface area contributed by atoms with Crippen LogP contribution in [0.1, 0.15) is 5.56 Å². The summed E-state index contributed by atoms with van der Waals surface area (Å²) in [5.41, 5.74) is 2.60. The van der Waals surface area contributed by atoms with Gasteiger partial charge in [0.05, 0.1) is 19.5 Å². The normalized spacial score (nSPS) is 15.1. The zero-order chi connectivity index (χ0) is 14.7. The Kier molecular flexibility index (Phi) is 3.90. The van der Waals surface area contributed by atoms with E-state index in [1.54, 1.807) is 19.5 Å². The summed E-state index contributed by atoms with van der Waals surface area (Å²) < 4.78 is 5.14. The predicted molar refractivity (Wildman–Crippen MR) is 84.2 cm³/mol. The van der Waals surface area contributed by atoms with E-state index in [-0.39, 0.29) is 0 Å². The SMILES string of the molecule is COc1cncc(N2CCN(c3cccc(C)c3)CC2)n1. The summed E-state index contributed by atoms with van der Waals surface area (Å²) in [5.74, 6) is 1.45. The third-order valence-corrected chi connectivity index (χ3v) is 3.78. The molecule has 110 valence electrons. The monoisotopic (exact) mass is 284 g/mol. The van der Waals surface area contributed by atoms with E-state index >= 15 is 0 Å². The molecule has 1 fully saturated rings. The van der Waals surface area contributed by atoms with Crippen LogP contribution in [0.25, 0.3) is 0 Å². The van der Waals surface area contributed by atoms with Crippen LogP contribution >= 0.6 is 0 Å². The van der Waals surface area contributed by atoms with E-state index in [4.69, 9.17) is 4.74 Å². The minimum atomic E-state index is 0.564. The lowest BCUT2D eigenvalue weighted by atomic mass is 10.2. The van der Waals surface area contributed by atoms with Crippen LogP contribution in [0.2, 0.25) is 0 Å². The first-order valence-corrected chi connectivity index (χ1v) is 7.19. The summed E-state index contributed by atoms with van der Waals surface area (Å²) in [6.07, 6.45) is 3.43. The average molecular weight is 284 g/mol. The van der Waals surface area contributed by atoms with Gasteiger partial charge in [0, 0.05) is 31.9 Å². The van der Waals surface area contributed by atoms with Gasteiger partial charge in [0.2, 0.25) is 5.88 Å². The molecule has 1 aromatic carbocycles. The van der Waals surface area contributed by atoms with E-state index in [2.05, 4.69) is 51.0 Å². The van der Waals surface area contributed by atoms with Crippen molar-refractivity contribution < 1.29 is 4.74 Å².